The highest BCUT2D eigenvalue weighted by molar-refractivity contribution is 7.71. The van der Waals surface area contributed by atoms with Crippen LogP contribution in [0.15, 0.2) is 30.3 Å². The zero-order valence-electron chi connectivity index (χ0n) is 13.8. The molecule has 1 aliphatic rings. The van der Waals surface area contributed by atoms with Gasteiger partial charge >= 0.3 is 5.97 Å². The first-order chi connectivity index (χ1) is 10.5. The van der Waals surface area contributed by atoms with Crippen molar-refractivity contribution in [3.8, 4) is 5.75 Å². The maximum absolute atomic E-state index is 12.1. The van der Waals surface area contributed by atoms with Gasteiger partial charge in [-0.05, 0) is 51.0 Å². The van der Waals surface area contributed by atoms with Gasteiger partial charge in [-0.1, -0.05) is 25.1 Å². The number of carbonyl (C=O) groups excluding carboxylic acids is 1. The number of hydrogen-bond acceptors (Lipinski definition) is 4. The van der Waals surface area contributed by atoms with Crippen LogP contribution in [0.25, 0.3) is 0 Å². The lowest BCUT2D eigenvalue weighted by Crippen LogP contribution is -2.37. The van der Waals surface area contributed by atoms with Crippen LogP contribution in [-0.2, 0) is 9.53 Å². The number of esters is 1. The van der Waals surface area contributed by atoms with E-state index >= 15 is 0 Å². The topological polar surface area (TPSA) is 47.6 Å². The van der Waals surface area contributed by atoms with E-state index in [1.165, 1.54) is 5.29 Å². The summed E-state index contributed by atoms with van der Waals surface area (Å²) in [4.78, 5) is 12.1. The third-order valence-electron chi connectivity index (χ3n) is 3.54. The Morgan fingerprint density at radius 1 is 1.23 bits per heavy atom. The molecule has 22 heavy (non-hydrogen) atoms. The van der Waals surface area contributed by atoms with Crippen LogP contribution in [0.3, 0.4) is 0 Å². The van der Waals surface area contributed by atoms with Crippen molar-refractivity contribution in [2.45, 2.75) is 52.7 Å². The minimum atomic E-state index is -1.95. The molecule has 5 heteroatoms. The highest BCUT2D eigenvalue weighted by atomic mass is 31.2. The maximum atomic E-state index is 12.1. The summed E-state index contributed by atoms with van der Waals surface area (Å²) in [7, 11) is -1.95. The highest BCUT2D eigenvalue weighted by Crippen LogP contribution is 2.52. The van der Waals surface area contributed by atoms with E-state index in [1.807, 2.05) is 51.1 Å². The Kier molecular flexibility index (Phi) is 5.71. The van der Waals surface area contributed by atoms with Crippen molar-refractivity contribution in [3.05, 3.63) is 30.3 Å². The summed E-state index contributed by atoms with van der Waals surface area (Å²) in [5.41, 5.74) is 0. The standard InChI is InChI=1S/C17H26NO3P/c1-5-22(16-11-12-16,21-15-9-7-6-8-10-15)18-14(4)17(19)20-13(2)3/h6-10,13-14,18H,5,11-12H2,1-4H3. The maximum Gasteiger partial charge on any atom is 0.323 e. The number of para-hydroxylation sites is 1. The van der Waals surface area contributed by atoms with Crippen molar-refractivity contribution >= 4 is 18.5 Å². The zero-order valence-corrected chi connectivity index (χ0v) is 14.7. The Hall–Kier alpha value is -1.25. The van der Waals surface area contributed by atoms with Gasteiger partial charge in [0.15, 0.2) is 0 Å². The van der Waals surface area contributed by atoms with Crippen molar-refractivity contribution < 1.29 is 14.1 Å². The second kappa shape index (κ2) is 7.34. The molecule has 2 unspecified atom stereocenters. The minimum Gasteiger partial charge on any atom is -0.463 e. The van der Waals surface area contributed by atoms with E-state index in [4.69, 9.17) is 9.26 Å². The first kappa shape index (κ1) is 17.1. The number of ether oxygens (including phenoxy) is 1. The van der Waals surface area contributed by atoms with Crippen molar-refractivity contribution in [2.24, 2.45) is 0 Å². The zero-order chi connectivity index (χ0) is 16.2. The molecule has 1 saturated carbocycles. The molecule has 0 amide bonds. The van der Waals surface area contributed by atoms with E-state index in [0.717, 1.165) is 24.8 Å². The van der Waals surface area contributed by atoms with Crippen molar-refractivity contribution in [2.75, 3.05) is 6.16 Å². The van der Waals surface area contributed by atoms with Gasteiger partial charge < -0.3 is 9.26 Å². The minimum absolute atomic E-state index is 0.102. The molecule has 2 atom stereocenters. The Morgan fingerprint density at radius 3 is 2.36 bits per heavy atom. The van der Waals surface area contributed by atoms with Crippen LogP contribution >= 0.6 is 7.26 Å². The molecule has 1 fully saturated rings. The quantitative estimate of drug-likeness (QED) is 0.612. The third-order valence-corrected chi connectivity index (χ3v) is 7.23. The van der Waals surface area contributed by atoms with Crippen LogP contribution in [0.4, 0.5) is 0 Å². The molecule has 0 aliphatic heterocycles. The predicted octanol–water partition coefficient (Wildman–Crippen LogP) is 3.83. The largest absolute Gasteiger partial charge is 0.463 e. The summed E-state index contributed by atoms with van der Waals surface area (Å²) in [5, 5.41) is 4.89. The fourth-order valence-corrected chi connectivity index (χ4v) is 5.51. The van der Waals surface area contributed by atoms with E-state index in [0.29, 0.717) is 0 Å². The Bertz CT molecular complexity index is 563. The molecule has 1 aromatic rings. The van der Waals surface area contributed by atoms with Gasteiger partial charge in [-0.3, -0.25) is 9.88 Å². The number of carbonyl (C=O) groups is 1. The first-order valence-corrected chi connectivity index (χ1v) is 9.82. The normalized spacial score (nSPS) is 17.8. The summed E-state index contributed by atoms with van der Waals surface area (Å²) >= 11 is 0. The summed E-state index contributed by atoms with van der Waals surface area (Å²) in [6, 6.07) is 9.46. The number of nitrogens with one attached hydrogen (secondary N) is 1. The molecule has 1 N–H and O–H groups in total. The molecule has 2 rings (SSSR count). The molecule has 1 aliphatic carbocycles. The van der Waals surface area contributed by atoms with Gasteiger partial charge in [-0.25, -0.2) is 0 Å². The van der Waals surface area contributed by atoms with Crippen molar-refractivity contribution in [1.82, 2.24) is 5.09 Å². The average molecular weight is 323 g/mol. The van der Waals surface area contributed by atoms with Gasteiger partial charge in [0.2, 0.25) is 0 Å². The lowest BCUT2D eigenvalue weighted by Gasteiger charge is -2.30. The van der Waals surface area contributed by atoms with Crippen LogP contribution in [0.1, 0.15) is 40.5 Å². The molecule has 0 saturated heterocycles. The molecule has 1 aromatic carbocycles. The van der Waals surface area contributed by atoms with Crippen LogP contribution in [-0.4, -0.2) is 29.6 Å². The van der Waals surface area contributed by atoms with E-state index in [9.17, 15) is 4.79 Å². The molecular formula is C17H26NO3P. The number of rotatable bonds is 7. The van der Waals surface area contributed by atoms with E-state index < -0.39 is 7.26 Å². The second-order valence-corrected chi connectivity index (χ2v) is 9.05. The Balaban J connectivity index is 2.17. The monoisotopic (exact) mass is 323 g/mol. The summed E-state index contributed by atoms with van der Waals surface area (Å²) in [6.07, 6.45) is 2.95. The molecule has 0 spiro atoms. The molecule has 122 valence electrons. The van der Waals surface area contributed by atoms with Gasteiger partial charge in [0, 0.05) is 6.16 Å². The summed E-state index contributed by atoms with van der Waals surface area (Å²) in [6.45, 7) is 7.70. The Labute approximate surface area is 133 Å². The molecule has 4 nitrogen and oxygen atoms in total. The van der Waals surface area contributed by atoms with Gasteiger partial charge in [0.25, 0.3) is 0 Å². The smallest absolute Gasteiger partial charge is 0.323 e. The lowest BCUT2D eigenvalue weighted by molar-refractivity contribution is -0.148. The van der Waals surface area contributed by atoms with Gasteiger partial charge in [-0.2, -0.15) is 0 Å². The van der Waals surface area contributed by atoms with E-state index in [-0.39, 0.29) is 18.1 Å². The molecule has 0 bridgehead atoms. The summed E-state index contributed by atoms with van der Waals surface area (Å²) in [5.74, 6) is 0.639. The van der Waals surface area contributed by atoms with E-state index in [1.54, 1.807) is 0 Å². The first-order valence-electron chi connectivity index (χ1n) is 7.93. The molecular weight excluding hydrogens is 297 g/mol. The molecule has 0 heterocycles. The number of hydrogen-bond donors (Lipinski definition) is 1. The van der Waals surface area contributed by atoms with Crippen LogP contribution in [0, 0.1) is 0 Å². The van der Waals surface area contributed by atoms with Gasteiger partial charge in [-0.15, -0.1) is 0 Å². The SMILES string of the molecule is CCP(NC(C)C(=O)OC(C)C)(Oc1ccccc1)=C1CC1. The predicted molar refractivity (Wildman–Crippen MR) is 92.6 cm³/mol. The van der Waals surface area contributed by atoms with Gasteiger partial charge in [0.05, 0.1) is 6.10 Å². The fraction of sp³-hybridized carbons (Fsp3) is 0.529. The van der Waals surface area contributed by atoms with Crippen LogP contribution in [0.2, 0.25) is 0 Å². The lowest BCUT2D eigenvalue weighted by atomic mass is 10.3. The Morgan fingerprint density at radius 2 is 1.86 bits per heavy atom. The second-order valence-electron chi connectivity index (χ2n) is 5.86. The van der Waals surface area contributed by atoms with Crippen molar-refractivity contribution in [1.29, 1.82) is 0 Å². The third kappa shape index (κ3) is 4.37. The fourth-order valence-electron chi connectivity index (χ4n) is 2.34. The highest BCUT2D eigenvalue weighted by Gasteiger charge is 2.33. The van der Waals surface area contributed by atoms with Gasteiger partial charge in [0.1, 0.15) is 19.1 Å². The van der Waals surface area contributed by atoms with Crippen molar-refractivity contribution in [3.63, 3.8) is 0 Å². The van der Waals surface area contributed by atoms with Crippen LogP contribution in [0.5, 0.6) is 5.75 Å². The summed E-state index contributed by atoms with van der Waals surface area (Å²) < 4.78 is 11.7. The molecule has 0 aromatic heterocycles. The average Bonchev–Trinajstić information content (AvgIpc) is 3.31. The molecule has 0 radical (unpaired) electrons. The van der Waals surface area contributed by atoms with E-state index in [2.05, 4.69) is 12.0 Å². The van der Waals surface area contributed by atoms with Crippen LogP contribution < -0.4 is 9.61 Å². The number of benzene rings is 1.